The molecule has 1 aromatic carbocycles. The Bertz CT molecular complexity index is 551. The summed E-state index contributed by atoms with van der Waals surface area (Å²) in [5, 5.41) is 6.48. The summed E-state index contributed by atoms with van der Waals surface area (Å²) in [4.78, 5) is 6.79. The number of rotatable bonds is 7. The molecule has 1 N–H and O–H groups in total. The van der Waals surface area contributed by atoms with Gasteiger partial charge in [-0.25, -0.2) is 9.37 Å². The summed E-state index contributed by atoms with van der Waals surface area (Å²) in [6.45, 7) is 4.04. The van der Waals surface area contributed by atoms with Crippen LogP contribution in [0.1, 0.15) is 19.0 Å². The molecule has 3 nitrogen and oxygen atoms in total. The summed E-state index contributed by atoms with van der Waals surface area (Å²) in [7, 11) is 4.17. The fourth-order valence-corrected chi connectivity index (χ4v) is 2.77. The van der Waals surface area contributed by atoms with Crippen LogP contribution in [-0.2, 0) is 6.54 Å². The second-order valence-electron chi connectivity index (χ2n) is 5.52. The molecule has 2 aromatic rings. The number of benzene rings is 1. The van der Waals surface area contributed by atoms with Gasteiger partial charge in [0, 0.05) is 23.5 Å². The van der Waals surface area contributed by atoms with Crippen molar-refractivity contribution in [2.24, 2.45) is 0 Å². The van der Waals surface area contributed by atoms with Gasteiger partial charge in [-0.3, -0.25) is 0 Å². The van der Waals surface area contributed by atoms with Crippen molar-refractivity contribution in [2.45, 2.75) is 25.9 Å². The number of hydrogen-bond donors (Lipinski definition) is 1. The Kier molecular flexibility index (Phi) is 5.85. The maximum absolute atomic E-state index is 12.9. The number of thiazole rings is 1. The van der Waals surface area contributed by atoms with E-state index >= 15 is 0 Å². The van der Waals surface area contributed by atoms with Gasteiger partial charge in [0.25, 0.3) is 0 Å². The highest BCUT2D eigenvalue weighted by Gasteiger charge is 2.07. The molecule has 0 spiro atoms. The molecule has 1 atom stereocenters. The van der Waals surface area contributed by atoms with Crippen LogP contribution in [0.2, 0.25) is 0 Å². The van der Waals surface area contributed by atoms with E-state index in [1.54, 1.807) is 23.5 Å². The largest absolute Gasteiger partial charge is 0.309 e. The molecule has 0 fully saturated rings. The molecule has 0 saturated carbocycles. The van der Waals surface area contributed by atoms with E-state index in [0.717, 1.165) is 35.8 Å². The highest BCUT2D eigenvalue weighted by atomic mass is 32.1. The molecule has 0 saturated heterocycles. The van der Waals surface area contributed by atoms with Gasteiger partial charge in [-0.15, -0.1) is 11.3 Å². The first-order valence-corrected chi connectivity index (χ1v) is 8.01. The van der Waals surface area contributed by atoms with E-state index in [9.17, 15) is 4.39 Å². The Hall–Kier alpha value is -1.30. The Labute approximate surface area is 129 Å². The van der Waals surface area contributed by atoms with Gasteiger partial charge in [-0.2, -0.15) is 0 Å². The topological polar surface area (TPSA) is 28.2 Å². The van der Waals surface area contributed by atoms with Crippen molar-refractivity contribution in [1.29, 1.82) is 0 Å². The fourth-order valence-electron chi connectivity index (χ4n) is 1.95. The first-order chi connectivity index (χ1) is 10.0. The molecule has 0 aliphatic carbocycles. The molecule has 1 heterocycles. The normalized spacial score (nSPS) is 12.8. The van der Waals surface area contributed by atoms with Gasteiger partial charge in [-0.1, -0.05) is 0 Å². The highest BCUT2D eigenvalue weighted by molar-refractivity contribution is 7.13. The third-order valence-corrected chi connectivity index (χ3v) is 4.22. The summed E-state index contributed by atoms with van der Waals surface area (Å²) in [6.07, 6.45) is 1.11. The number of nitrogens with one attached hydrogen (secondary N) is 1. The van der Waals surface area contributed by atoms with Gasteiger partial charge in [0.15, 0.2) is 0 Å². The van der Waals surface area contributed by atoms with Crippen LogP contribution in [0.25, 0.3) is 10.6 Å². The van der Waals surface area contributed by atoms with Crippen LogP contribution < -0.4 is 5.32 Å². The summed E-state index contributed by atoms with van der Waals surface area (Å²) >= 11 is 1.60. The average molecular weight is 307 g/mol. The SMILES string of the molecule is CC(CCN(C)C)NCc1csc(-c2ccc(F)cc2)n1. The first-order valence-electron chi connectivity index (χ1n) is 7.13. The Morgan fingerprint density at radius 2 is 2.00 bits per heavy atom. The molecule has 0 radical (unpaired) electrons. The van der Waals surface area contributed by atoms with Crippen molar-refractivity contribution in [3.8, 4) is 10.6 Å². The van der Waals surface area contributed by atoms with Crippen LogP contribution in [-0.4, -0.2) is 36.6 Å². The standard InChI is InChI=1S/C16H22FN3S/c1-12(8-9-20(2)3)18-10-15-11-21-16(19-15)13-4-6-14(17)7-5-13/h4-7,11-12,18H,8-10H2,1-3H3. The predicted octanol–water partition coefficient (Wildman–Crippen LogP) is 3.38. The van der Waals surface area contributed by atoms with E-state index in [2.05, 4.69) is 41.6 Å². The van der Waals surface area contributed by atoms with Gasteiger partial charge >= 0.3 is 0 Å². The summed E-state index contributed by atoms with van der Waals surface area (Å²) in [5.74, 6) is -0.216. The maximum atomic E-state index is 12.9. The Morgan fingerprint density at radius 3 is 2.67 bits per heavy atom. The smallest absolute Gasteiger partial charge is 0.123 e. The van der Waals surface area contributed by atoms with Crippen molar-refractivity contribution in [2.75, 3.05) is 20.6 Å². The zero-order chi connectivity index (χ0) is 15.2. The second kappa shape index (κ2) is 7.64. The van der Waals surface area contributed by atoms with Crippen LogP contribution in [0.4, 0.5) is 4.39 Å². The van der Waals surface area contributed by atoms with Crippen LogP contribution in [0.15, 0.2) is 29.6 Å². The molecule has 21 heavy (non-hydrogen) atoms. The number of halogens is 1. The molecule has 114 valence electrons. The van der Waals surface area contributed by atoms with Gasteiger partial charge in [-0.05, 0) is 58.3 Å². The van der Waals surface area contributed by atoms with E-state index in [0.29, 0.717) is 6.04 Å². The lowest BCUT2D eigenvalue weighted by molar-refractivity contribution is 0.365. The molecular weight excluding hydrogens is 285 g/mol. The third-order valence-electron chi connectivity index (χ3n) is 3.28. The van der Waals surface area contributed by atoms with Crippen LogP contribution in [0.5, 0.6) is 0 Å². The number of nitrogens with zero attached hydrogens (tertiary/aromatic N) is 2. The lowest BCUT2D eigenvalue weighted by Gasteiger charge is -2.15. The molecule has 5 heteroatoms. The van der Waals surface area contributed by atoms with Gasteiger partial charge in [0.05, 0.1) is 5.69 Å². The summed E-state index contributed by atoms with van der Waals surface area (Å²) in [5.41, 5.74) is 2.00. The van der Waals surface area contributed by atoms with Crippen molar-refractivity contribution in [1.82, 2.24) is 15.2 Å². The zero-order valence-corrected chi connectivity index (χ0v) is 13.6. The zero-order valence-electron chi connectivity index (χ0n) is 12.8. The Morgan fingerprint density at radius 1 is 1.29 bits per heavy atom. The maximum Gasteiger partial charge on any atom is 0.123 e. The van der Waals surface area contributed by atoms with Gasteiger partial charge in [0.2, 0.25) is 0 Å². The fraction of sp³-hybridized carbons (Fsp3) is 0.438. The van der Waals surface area contributed by atoms with Crippen molar-refractivity contribution in [3.05, 3.63) is 41.2 Å². The monoisotopic (exact) mass is 307 g/mol. The van der Waals surface area contributed by atoms with E-state index in [-0.39, 0.29) is 5.82 Å². The first kappa shape index (κ1) is 16.1. The molecule has 0 bridgehead atoms. The van der Waals surface area contributed by atoms with Crippen molar-refractivity contribution < 1.29 is 4.39 Å². The van der Waals surface area contributed by atoms with E-state index in [4.69, 9.17) is 0 Å². The summed E-state index contributed by atoms with van der Waals surface area (Å²) < 4.78 is 12.9. The van der Waals surface area contributed by atoms with E-state index in [1.807, 2.05) is 0 Å². The Balaban J connectivity index is 1.87. The van der Waals surface area contributed by atoms with Gasteiger partial charge in [0.1, 0.15) is 10.8 Å². The van der Waals surface area contributed by atoms with Crippen LogP contribution in [0.3, 0.4) is 0 Å². The minimum absolute atomic E-state index is 0.216. The van der Waals surface area contributed by atoms with Crippen LogP contribution >= 0.6 is 11.3 Å². The molecule has 1 aromatic heterocycles. The lowest BCUT2D eigenvalue weighted by Crippen LogP contribution is -2.29. The molecule has 0 aliphatic heterocycles. The molecule has 0 amide bonds. The average Bonchev–Trinajstić information content (AvgIpc) is 2.92. The van der Waals surface area contributed by atoms with Crippen LogP contribution in [0, 0.1) is 5.82 Å². The quantitative estimate of drug-likeness (QED) is 0.850. The van der Waals surface area contributed by atoms with E-state index < -0.39 is 0 Å². The molecule has 1 unspecified atom stereocenters. The minimum Gasteiger partial charge on any atom is -0.309 e. The van der Waals surface area contributed by atoms with Crippen molar-refractivity contribution >= 4 is 11.3 Å². The molecule has 2 rings (SSSR count). The van der Waals surface area contributed by atoms with E-state index in [1.165, 1.54) is 12.1 Å². The molecule has 0 aliphatic rings. The predicted molar refractivity (Wildman–Crippen MR) is 87.0 cm³/mol. The van der Waals surface area contributed by atoms with Gasteiger partial charge < -0.3 is 10.2 Å². The molecular formula is C16H22FN3S. The lowest BCUT2D eigenvalue weighted by atomic mass is 10.2. The third kappa shape index (κ3) is 5.19. The summed E-state index contributed by atoms with van der Waals surface area (Å²) in [6, 6.07) is 6.94. The second-order valence-corrected chi connectivity index (χ2v) is 6.38. The highest BCUT2D eigenvalue weighted by Crippen LogP contribution is 2.23. The minimum atomic E-state index is -0.216. The number of aromatic nitrogens is 1. The van der Waals surface area contributed by atoms with Crippen molar-refractivity contribution in [3.63, 3.8) is 0 Å². The number of hydrogen-bond acceptors (Lipinski definition) is 4.